The van der Waals surface area contributed by atoms with Crippen LogP contribution in [0.5, 0.6) is 5.75 Å². The number of likely N-dealkylation sites (tertiary alicyclic amines) is 1. The molecule has 3 atom stereocenters. The van der Waals surface area contributed by atoms with E-state index in [1.807, 2.05) is 18.2 Å². The zero-order valence-corrected chi connectivity index (χ0v) is 13.1. The molecule has 1 aromatic rings. The van der Waals surface area contributed by atoms with Gasteiger partial charge in [-0.2, -0.15) is 0 Å². The van der Waals surface area contributed by atoms with Crippen LogP contribution in [-0.4, -0.2) is 43.7 Å². The third kappa shape index (κ3) is 3.01. The SMILES string of the molecule is COC(=O)C1CN(CC2Cc3cc(Cl)ccc3O2)CC1C. The molecule has 1 fully saturated rings. The van der Waals surface area contributed by atoms with Gasteiger partial charge in [0.15, 0.2) is 0 Å². The maximum Gasteiger partial charge on any atom is 0.310 e. The number of hydrogen-bond donors (Lipinski definition) is 0. The molecule has 0 spiro atoms. The van der Waals surface area contributed by atoms with Crippen molar-refractivity contribution < 1.29 is 14.3 Å². The van der Waals surface area contributed by atoms with Crippen LogP contribution in [0.1, 0.15) is 12.5 Å². The highest BCUT2D eigenvalue weighted by Crippen LogP contribution is 2.32. The number of rotatable bonds is 3. The molecule has 1 aromatic carbocycles. The minimum Gasteiger partial charge on any atom is -0.488 e. The molecule has 2 aliphatic heterocycles. The lowest BCUT2D eigenvalue weighted by Crippen LogP contribution is -2.34. The molecule has 0 radical (unpaired) electrons. The van der Waals surface area contributed by atoms with E-state index in [1.165, 1.54) is 12.7 Å². The predicted molar refractivity (Wildman–Crippen MR) is 80.7 cm³/mol. The van der Waals surface area contributed by atoms with Gasteiger partial charge in [-0.3, -0.25) is 9.69 Å². The van der Waals surface area contributed by atoms with Crippen LogP contribution in [0.2, 0.25) is 5.02 Å². The Morgan fingerprint density at radius 2 is 2.29 bits per heavy atom. The van der Waals surface area contributed by atoms with E-state index < -0.39 is 0 Å². The number of esters is 1. The predicted octanol–water partition coefficient (Wildman–Crippen LogP) is 2.38. The fraction of sp³-hybridized carbons (Fsp3) is 0.562. The van der Waals surface area contributed by atoms with E-state index in [2.05, 4.69) is 11.8 Å². The summed E-state index contributed by atoms with van der Waals surface area (Å²) in [7, 11) is 1.46. The molecule has 114 valence electrons. The van der Waals surface area contributed by atoms with Crippen molar-refractivity contribution >= 4 is 17.6 Å². The van der Waals surface area contributed by atoms with Gasteiger partial charge in [0, 0.05) is 31.1 Å². The summed E-state index contributed by atoms with van der Waals surface area (Å²) in [6.45, 7) is 4.61. The van der Waals surface area contributed by atoms with Gasteiger partial charge in [-0.15, -0.1) is 0 Å². The standard InChI is InChI=1S/C16H20ClNO3/c1-10-7-18(9-14(10)16(19)20-2)8-13-6-11-5-12(17)3-4-15(11)21-13/h3-5,10,13-14H,6-9H2,1-2H3. The van der Waals surface area contributed by atoms with Crippen molar-refractivity contribution in [1.29, 1.82) is 0 Å². The zero-order valence-electron chi connectivity index (χ0n) is 12.3. The summed E-state index contributed by atoms with van der Waals surface area (Å²) in [4.78, 5) is 14.0. The summed E-state index contributed by atoms with van der Waals surface area (Å²) in [5, 5.41) is 0.749. The number of hydrogen-bond acceptors (Lipinski definition) is 4. The van der Waals surface area contributed by atoms with Crippen LogP contribution < -0.4 is 4.74 Å². The number of ether oxygens (including phenoxy) is 2. The normalized spacial score (nSPS) is 28.2. The second-order valence-electron chi connectivity index (χ2n) is 6.02. The Bertz CT molecular complexity index is 548. The molecule has 1 saturated heterocycles. The van der Waals surface area contributed by atoms with Crippen molar-refractivity contribution in [3.8, 4) is 5.75 Å². The third-order valence-electron chi connectivity index (χ3n) is 4.42. The molecule has 4 nitrogen and oxygen atoms in total. The first-order valence-electron chi connectivity index (χ1n) is 7.32. The molecule has 0 N–H and O–H groups in total. The summed E-state index contributed by atoms with van der Waals surface area (Å²) in [6.07, 6.45) is 1.02. The van der Waals surface area contributed by atoms with Crippen molar-refractivity contribution in [3.63, 3.8) is 0 Å². The van der Waals surface area contributed by atoms with Crippen LogP contribution in [0.3, 0.4) is 0 Å². The maximum atomic E-state index is 11.7. The Balaban J connectivity index is 1.59. The fourth-order valence-corrected chi connectivity index (χ4v) is 3.55. The zero-order chi connectivity index (χ0) is 15.0. The van der Waals surface area contributed by atoms with Gasteiger partial charge in [-0.25, -0.2) is 0 Å². The molecule has 3 unspecified atom stereocenters. The van der Waals surface area contributed by atoms with E-state index in [0.29, 0.717) is 5.92 Å². The van der Waals surface area contributed by atoms with Gasteiger partial charge in [0.05, 0.1) is 13.0 Å². The molecule has 0 saturated carbocycles. The molecular weight excluding hydrogens is 290 g/mol. The highest BCUT2D eigenvalue weighted by Gasteiger charge is 2.37. The highest BCUT2D eigenvalue weighted by molar-refractivity contribution is 6.30. The van der Waals surface area contributed by atoms with Crippen LogP contribution in [0, 0.1) is 11.8 Å². The van der Waals surface area contributed by atoms with E-state index >= 15 is 0 Å². The largest absolute Gasteiger partial charge is 0.488 e. The lowest BCUT2D eigenvalue weighted by molar-refractivity contribution is -0.146. The molecule has 21 heavy (non-hydrogen) atoms. The molecule has 2 aliphatic rings. The molecular formula is C16H20ClNO3. The number of nitrogens with zero attached hydrogens (tertiary/aromatic N) is 1. The average molecular weight is 310 g/mol. The number of methoxy groups -OCH3 is 1. The van der Waals surface area contributed by atoms with Crippen LogP contribution in [0.15, 0.2) is 18.2 Å². The van der Waals surface area contributed by atoms with Crippen molar-refractivity contribution in [3.05, 3.63) is 28.8 Å². The summed E-state index contributed by atoms with van der Waals surface area (Å²) in [6, 6.07) is 5.76. The number of carbonyl (C=O) groups is 1. The van der Waals surface area contributed by atoms with Crippen LogP contribution in [0.25, 0.3) is 0 Å². The van der Waals surface area contributed by atoms with E-state index in [0.717, 1.165) is 36.8 Å². The second kappa shape index (κ2) is 5.85. The van der Waals surface area contributed by atoms with Crippen molar-refractivity contribution in [2.24, 2.45) is 11.8 Å². The minimum absolute atomic E-state index is 0.0202. The quantitative estimate of drug-likeness (QED) is 0.804. The van der Waals surface area contributed by atoms with Gasteiger partial charge >= 0.3 is 5.97 Å². The Morgan fingerprint density at radius 1 is 1.48 bits per heavy atom. The minimum atomic E-state index is -0.104. The van der Waals surface area contributed by atoms with Gasteiger partial charge < -0.3 is 9.47 Å². The lowest BCUT2D eigenvalue weighted by Gasteiger charge is -2.20. The van der Waals surface area contributed by atoms with Crippen molar-refractivity contribution in [1.82, 2.24) is 4.90 Å². The number of carbonyl (C=O) groups excluding carboxylic acids is 1. The van der Waals surface area contributed by atoms with Crippen molar-refractivity contribution in [2.75, 3.05) is 26.7 Å². The Morgan fingerprint density at radius 3 is 3.05 bits per heavy atom. The smallest absolute Gasteiger partial charge is 0.310 e. The molecule has 0 aliphatic carbocycles. The Kier molecular flexibility index (Phi) is 4.09. The molecule has 2 heterocycles. The van der Waals surface area contributed by atoms with E-state index in [4.69, 9.17) is 21.1 Å². The van der Waals surface area contributed by atoms with Gasteiger partial charge in [0.1, 0.15) is 11.9 Å². The van der Waals surface area contributed by atoms with Crippen molar-refractivity contribution in [2.45, 2.75) is 19.4 Å². The Labute approximate surface area is 130 Å². The number of halogens is 1. The average Bonchev–Trinajstić information content (AvgIpc) is 3.00. The number of fused-ring (bicyclic) bond motifs is 1. The first kappa shape index (κ1) is 14.7. The molecule has 3 rings (SSSR count). The molecule has 5 heteroatoms. The summed E-state index contributed by atoms with van der Waals surface area (Å²) < 4.78 is 10.8. The monoisotopic (exact) mass is 309 g/mol. The van der Waals surface area contributed by atoms with E-state index in [-0.39, 0.29) is 18.0 Å². The third-order valence-corrected chi connectivity index (χ3v) is 4.65. The van der Waals surface area contributed by atoms with Gasteiger partial charge in [0.25, 0.3) is 0 Å². The Hall–Kier alpha value is -1.26. The van der Waals surface area contributed by atoms with Gasteiger partial charge in [-0.05, 0) is 29.7 Å². The second-order valence-corrected chi connectivity index (χ2v) is 6.46. The summed E-state index contributed by atoms with van der Waals surface area (Å²) in [5.41, 5.74) is 1.17. The highest BCUT2D eigenvalue weighted by atomic mass is 35.5. The van der Waals surface area contributed by atoms with Gasteiger partial charge in [0.2, 0.25) is 0 Å². The van der Waals surface area contributed by atoms with Crippen LogP contribution in [-0.2, 0) is 16.0 Å². The summed E-state index contributed by atoms with van der Waals surface area (Å²) in [5.74, 6) is 1.14. The molecule has 0 bridgehead atoms. The van der Waals surface area contributed by atoms with Gasteiger partial charge in [-0.1, -0.05) is 18.5 Å². The first-order chi connectivity index (χ1) is 10.1. The van der Waals surface area contributed by atoms with Crippen LogP contribution >= 0.6 is 11.6 Å². The van der Waals surface area contributed by atoms with Crippen LogP contribution in [0.4, 0.5) is 0 Å². The maximum absolute atomic E-state index is 11.7. The topological polar surface area (TPSA) is 38.8 Å². The van der Waals surface area contributed by atoms with E-state index in [1.54, 1.807) is 0 Å². The lowest BCUT2D eigenvalue weighted by atomic mass is 9.99. The van der Waals surface area contributed by atoms with E-state index in [9.17, 15) is 4.79 Å². The fourth-order valence-electron chi connectivity index (χ4n) is 3.35. The number of benzene rings is 1. The summed E-state index contributed by atoms with van der Waals surface area (Å²) >= 11 is 6.01. The molecule has 0 aromatic heterocycles. The first-order valence-corrected chi connectivity index (χ1v) is 7.70. The molecule has 0 amide bonds.